The molecule has 0 unspecified atom stereocenters. The van der Waals surface area contributed by atoms with Gasteiger partial charge in [-0.05, 0) is 36.5 Å². The van der Waals surface area contributed by atoms with Gasteiger partial charge in [0, 0.05) is 37.2 Å². The third-order valence-electron chi connectivity index (χ3n) is 4.36. The number of aryl methyl sites for hydroxylation is 1. The lowest BCUT2D eigenvalue weighted by molar-refractivity contribution is 0.741. The van der Waals surface area contributed by atoms with Crippen molar-refractivity contribution in [3.63, 3.8) is 0 Å². The van der Waals surface area contributed by atoms with Crippen LogP contribution in [-0.2, 0) is 12.8 Å². The molecule has 0 aliphatic heterocycles. The molecule has 0 fully saturated rings. The molecule has 0 saturated heterocycles. The zero-order valence-corrected chi connectivity index (χ0v) is 14.8. The average Bonchev–Trinajstić information content (AvgIpc) is 3.08. The second kappa shape index (κ2) is 8.92. The van der Waals surface area contributed by atoms with E-state index in [1.165, 1.54) is 22.0 Å². The second-order valence-electron chi connectivity index (χ2n) is 6.12. The average molecular weight is 334 g/mol. The van der Waals surface area contributed by atoms with Crippen LogP contribution in [0.1, 0.15) is 17.5 Å². The van der Waals surface area contributed by atoms with Crippen molar-refractivity contribution in [2.75, 3.05) is 20.1 Å². The monoisotopic (exact) mass is 334 g/mol. The van der Waals surface area contributed by atoms with E-state index in [-0.39, 0.29) is 0 Å². The molecule has 4 nitrogen and oxygen atoms in total. The van der Waals surface area contributed by atoms with Crippen molar-refractivity contribution in [3.05, 3.63) is 71.9 Å². The van der Waals surface area contributed by atoms with Gasteiger partial charge in [0.15, 0.2) is 5.96 Å². The maximum absolute atomic E-state index is 4.29. The molecule has 3 rings (SSSR count). The number of hydrogen-bond acceptors (Lipinski definition) is 1. The molecule has 4 heteroatoms. The van der Waals surface area contributed by atoms with Crippen LogP contribution < -0.4 is 10.6 Å². The summed E-state index contributed by atoms with van der Waals surface area (Å²) in [5.74, 6) is 0.870. The zero-order chi connectivity index (χ0) is 17.3. The molecule has 25 heavy (non-hydrogen) atoms. The van der Waals surface area contributed by atoms with Gasteiger partial charge >= 0.3 is 0 Å². The van der Waals surface area contributed by atoms with Gasteiger partial charge in [-0.1, -0.05) is 48.5 Å². The molecule has 3 aromatic rings. The molecule has 0 aliphatic rings. The summed E-state index contributed by atoms with van der Waals surface area (Å²) in [4.78, 5) is 7.63. The highest BCUT2D eigenvalue weighted by Gasteiger charge is 2.03. The van der Waals surface area contributed by atoms with Gasteiger partial charge in [0.1, 0.15) is 0 Å². The lowest BCUT2D eigenvalue weighted by Crippen LogP contribution is -2.38. The van der Waals surface area contributed by atoms with Crippen molar-refractivity contribution < 1.29 is 0 Å². The Morgan fingerprint density at radius 1 is 0.920 bits per heavy atom. The van der Waals surface area contributed by atoms with Crippen LogP contribution in [0, 0.1) is 0 Å². The Labute approximate surface area is 149 Å². The first-order chi connectivity index (χ1) is 12.4. The summed E-state index contributed by atoms with van der Waals surface area (Å²) < 4.78 is 0. The normalized spacial score (nSPS) is 11.6. The third-order valence-corrected chi connectivity index (χ3v) is 4.36. The van der Waals surface area contributed by atoms with Crippen LogP contribution in [0.5, 0.6) is 0 Å². The van der Waals surface area contributed by atoms with Crippen molar-refractivity contribution in [1.82, 2.24) is 15.6 Å². The molecule has 130 valence electrons. The molecule has 0 bridgehead atoms. The van der Waals surface area contributed by atoms with Gasteiger partial charge in [-0.2, -0.15) is 0 Å². The van der Waals surface area contributed by atoms with Crippen LogP contribution >= 0.6 is 0 Å². The van der Waals surface area contributed by atoms with E-state index >= 15 is 0 Å². The Morgan fingerprint density at radius 2 is 1.68 bits per heavy atom. The molecular formula is C21H26N4. The summed E-state index contributed by atoms with van der Waals surface area (Å²) in [6, 6.07) is 19.0. The number of H-pyrrole nitrogens is 1. The highest BCUT2D eigenvalue weighted by Crippen LogP contribution is 2.18. The molecule has 0 aliphatic carbocycles. The fraction of sp³-hybridized carbons (Fsp3) is 0.286. The topological polar surface area (TPSA) is 52.2 Å². The molecule has 0 amide bonds. The van der Waals surface area contributed by atoms with Gasteiger partial charge in [0.2, 0.25) is 0 Å². The van der Waals surface area contributed by atoms with Gasteiger partial charge in [-0.15, -0.1) is 0 Å². The van der Waals surface area contributed by atoms with Crippen molar-refractivity contribution in [2.24, 2.45) is 4.99 Å². The van der Waals surface area contributed by atoms with Crippen LogP contribution in [-0.4, -0.2) is 31.1 Å². The first-order valence-electron chi connectivity index (χ1n) is 8.90. The Kier molecular flexibility index (Phi) is 6.10. The Bertz CT molecular complexity index is 805. The van der Waals surface area contributed by atoms with Crippen LogP contribution in [0.3, 0.4) is 0 Å². The lowest BCUT2D eigenvalue weighted by Gasteiger charge is -2.11. The maximum atomic E-state index is 4.29. The van der Waals surface area contributed by atoms with Crippen LogP contribution in [0.2, 0.25) is 0 Å². The van der Waals surface area contributed by atoms with Gasteiger partial charge in [0.25, 0.3) is 0 Å². The Morgan fingerprint density at radius 3 is 2.52 bits per heavy atom. The lowest BCUT2D eigenvalue weighted by atomic mass is 10.1. The Hall–Kier alpha value is -2.75. The number of benzene rings is 2. The fourth-order valence-electron chi connectivity index (χ4n) is 3.01. The molecule has 0 atom stereocenters. The van der Waals surface area contributed by atoms with E-state index in [1.807, 2.05) is 13.1 Å². The highest BCUT2D eigenvalue weighted by molar-refractivity contribution is 5.83. The molecule has 2 aromatic carbocycles. The van der Waals surface area contributed by atoms with Crippen LogP contribution in [0.4, 0.5) is 0 Å². The number of aromatic amines is 1. The molecule has 0 saturated carbocycles. The minimum absolute atomic E-state index is 0.870. The number of guanidine groups is 1. The van der Waals surface area contributed by atoms with Gasteiger partial charge in [-0.3, -0.25) is 4.99 Å². The number of aromatic nitrogens is 1. The smallest absolute Gasteiger partial charge is 0.190 e. The zero-order valence-electron chi connectivity index (χ0n) is 14.8. The van der Waals surface area contributed by atoms with E-state index in [4.69, 9.17) is 0 Å². The Balaban J connectivity index is 1.38. The number of fused-ring (bicyclic) bond motifs is 1. The van der Waals surface area contributed by atoms with E-state index in [1.54, 1.807) is 0 Å². The van der Waals surface area contributed by atoms with E-state index in [9.17, 15) is 0 Å². The maximum Gasteiger partial charge on any atom is 0.190 e. The molecule has 0 spiro atoms. The standard InChI is InChI=1S/C21H26N4/c1-22-21(24-15-13-17-8-3-2-4-9-17)23-14-7-10-18-16-25-20-12-6-5-11-19(18)20/h2-6,8-9,11-12,16,25H,7,10,13-15H2,1H3,(H2,22,23,24). The van der Waals surface area contributed by atoms with E-state index in [0.29, 0.717) is 0 Å². The fourth-order valence-corrected chi connectivity index (χ4v) is 3.01. The summed E-state index contributed by atoms with van der Waals surface area (Å²) in [5, 5.41) is 8.10. The largest absolute Gasteiger partial charge is 0.361 e. The number of hydrogen-bond donors (Lipinski definition) is 3. The quantitative estimate of drug-likeness (QED) is 0.352. The number of rotatable bonds is 7. The highest BCUT2D eigenvalue weighted by atomic mass is 15.2. The predicted molar refractivity (Wildman–Crippen MR) is 106 cm³/mol. The number of nitrogens with one attached hydrogen (secondary N) is 3. The molecular weight excluding hydrogens is 308 g/mol. The first kappa shape index (κ1) is 17.1. The van der Waals surface area contributed by atoms with Crippen molar-refractivity contribution >= 4 is 16.9 Å². The predicted octanol–water partition coefficient (Wildman–Crippen LogP) is 3.51. The van der Waals surface area contributed by atoms with E-state index in [0.717, 1.165) is 38.3 Å². The number of para-hydroxylation sites is 1. The molecule has 3 N–H and O–H groups in total. The van der Waals surface area contributed by atoms with Crippen LogP contribution in [0.15, 0.2) is 65.8 Å². The minimum Gasteiger partial charge on any atom is -0.361 e. The summed E-state index contributed by atoms with van der Waals surface area (Å²) >= 11 is 0. The molecule has 1 aromatic heterocycles. The number of nitrogens with zero attached hydrogens (tertiary/aromatic N) is 1. The molecule has 0 radical (unpaired) electrons. The van der Waals surface area contributed by atoms with Gasteiger partial charge in [-0.25, -0.2) is 0 Å². The molecule has 1 heterocycles. The second-order valence-corrected chi connectivity index (χ2v) is 6.12. The van der Waals surface area contributed by atoms with Gasteiger partial charge < -0.3 is 15.6 Å². The third kappa shape index (κ3) is 4.86. The van der Waals surface area contributed by atoms with Crippen molar-refractivity contribution in [2.45, 2.75) is 19.3 Å². The number of aliphatic imine (C=N–C) groups is 1. The van der Waals surface area contributed by atoms with Gasteiger partial charge in [0.05, 0.1) is 0 Å². The van der Waals surface area contributed by atoms with Crippen molar-refractivity contribution in [1.29, 1.82) is 0 Å². The first-order valence-corrected chi connectivity index (χ1v) is 8.90. The SMILES string of the molecule is CN=C(NCCCc1c[nH]c2ccccc12)NCCc1ccccc1. The minimum atomic E-state index is 0.870. The summed E-state index contributed by atoms with van der Waals surface area (Å²) in [7, 11) is 1.82. The summed E-state index contributed by atoms with van der Waals surface area (Å²) in [5.41, 5.74) is 3.93. The van der Waals surface area contributed by atoms with E-state index < -0.39 is 0 Å². The van der Waals surface area contributed by atoms with Crippen LogP contribution in [0.25, 0.3) is 10.9 Å². The van der Waals surface area contributed by atoms with E-state index in [2.05, 4.69) is 75.3 Å². The summed E-state index contributed by atoms with van der Waals surface area (Å²) in [6.45, 7) is 1.79. The summed E-state index contributed by atoms with van der Waals surface area (Å²) in [6.07, 6.45) is 5.24. The van der Waals surface area contributed by atoms with Crippen molar-refractivity contribution in [3.8, 4) is 0 Å².